The quantitative estimate of drug-likeness (QED) is 0.578. The van der Waals surface area contributed by atoms with Crippen LogP contribution in [0.2, 0.25) is 0 Å². The molecule has 1 N–H and O–H groups in total. The lowest BCUT2D eigenvalue weighted by atomic mass is 10.1. The minimum absolute atomic E-state index is 0.0474. The first-order valence-electron chi connectivity index (χ1n) is 5.65. The summed E-state index contributed by atoms with van der Waals surface area (Å²) in [6.07, 6.45) is 1.51. The number of hydrogen-bond donors (Lipinski definition) is 1. The van der Waals surface area contributed by atoms with Gasteiger partial charge in [0, 0.05) is 19.4 Å². The molecule has 0 aliphatic rings. The third-order valence-corrected chi connectivity index (χ3v) is 2.34. The van der Waals surface area contributed by atoms with E-state index in [4.69, 9.17) is 14.6 Å². The summed E-state index contributed by atoms with van der Waals surface area (Å²) in [6.45, 7) is 0.337. The molecular formula is C13H18O4. The molecule has 4 heteroatoms. The third-order valence-electron chi connectivity index (χ3n) is 2.34. The minimum Gasteiger partial charge on any atom is -0.497 e. The van der Waals surface area contributed by atoms with Crippen LogP contribution in [0.25, 0.3) is 0 Å². The fraction of sp³-hybridized carbons (Fsp3) is 0.462. The molecule has 94 valence electrons. The van der Waals surface area contributed by atoms with Crippen molar-refractivity contribution in [3.63, 3.8) is 0 Å². The first kappa shape index (κ1) is 13.5. The van der Waals surface area contributed by atoms with Crippen molar-refractivity contribution in [2.24, 2.45) is 0 Å². The first-order chi connectivity index (χ1) is 8.26. The Kier molecular flexibility index (Phi) is 6.10. The van der Waals surface area contributed by atoms with Crippen LogP contribution in [0.1, 0.15) is 18.4 Å². The van der Waals surface area contributed by atoms with Gasteiger partial charge in [-0.1, -0.05) is 12.1 Å². The molecule has 0 atom stereocenters. The summed E-state index contributed by atoms with van der Waals surface area (Å²) in [5.41, 5.74) is 1.07. The van der Waals surface area contributed by atoms with Crippen LogP contribution < -0.4 is 4.74 Å². The van der Waals surface area contributed by atoms with Gasteiger partial charge >= 0.3 is 5.97 Å². The molecule has 0 heterocycles. The van der Waals surface area contributed by atoms with Gasteiger partial charge in [0.15, 0.2) is 0 Å². The molecule has 1 aromatic carbocycles. The minimum atomic E-state index is -0.228. The lowest BCUT2D eigenvalue weighted by Gasteiger charge is -2.04. The normalized spacial score (nSPS) is 10.0. The number of esters is 1. The second-order valence-electron chi connectivity index (χ2n) is 3.65. The van der Waals surface area contributed by atoms with E-state index < -0.39 is 0 Å². The Labute approximate surface area is 101 Å². The Morgan fingerprint density at radius 3 is 2.59 bits per heavy atom. The molecule has 1 aromatic rings. The van der Waals surface area contributed by atoms with E-state index in [-0.39, 0.29) is 19.2 Å². The molecule has 0 fully saturated rings. The van der Waals surface area contributed by atoms with Crippen molar-refractivity contribution in [1.82, 2.24) is 0 Å². The molecule has 0 saturated carbocycles. The smallest absolute Gasteiger partial charge is 0.306 e. The molecule has 0 saturated heterocycles. The van der Waals surface area contributed by atoms with E-state index in [1.165, 1.54) is 0 Å². The topological polar surface area (TPSA) is 55.8 Å². The fourth-order valence-electron chi connectivity index (χ4n) is 1.36. The van der Waals surface area contributed by atoms with Crippen molar-refractivity contribution < 1.29 is 19.4 Å². The Bertz CT molecular complexity index is 332. The first-order valence-corrected chi connectivity index (χ1v) is 5.65. The summed E-state index contributed by atoms with van der Waals surface area (Å²) in [5, 5.41) is 8.53. The summed E-state index contributed by atoms with van der Waals surface area (Å²) in [5.74, 6) is 0.577. The van der Waals surface area contributed by atoms with Crippen LogP contribution in [0.15, 0.2) is 24.3 Å². The molecule has 0 unspecified atom stereocenters. The third kappa shape index (κ3) is 5.36. The molecule has 0 spiro atoms. The highest BCUT2D eigenvalue weighted by Gasteiger charge is 2.03. The predicted molar refractivity (Wildman–Crippen MR) is 64.0 cm³/mol. The predicted octanol–water partition coefficient (Wildman–Crippen LogP) is 1.55. The van der Waals surface area contributed by atoms with Crippen molar-refractivity contribution in [1.29, 1.82) is 0 Å². The molecule has 0 aliphatic heterocycles. The number of rotatable bonds is 7. The zero-order chi connectivity index (χ0) is 12.5. The standard InChI is InChI=1S/C13H18O4/c1-16-12-6-3-11(4-7-12)5-8-13(15)17-10-2-9-14/h3-4,6-7,14H,2,5,8-10H2,1H3. The SMILES string of the molecule is COc1ccc(CCC(=O)OCCCO)cc1. The number of aliphatic hydroxyl groups excluding tert-OH is 1. The van der Waals surface area contributed by atoms with Crippen LogP contribution in [-0.4, -0.2) is 31.4 Å². The van der Waals surface area contributed by atoms with Crippen LogP contribution in [0.3, 0.4) is 0 Å². The molecule has 17 heavy (non-hydrogen) atoms. The van der Waals surface area contributed by atoms with Gasteiger partial charge < -0.3 is 14.6 Å². The van der Waals surface area contributed by atoms with Crippen molar-refractivity contribution in [3.05, 3.63) is 29.8 Å². The number of benzene rings is 1. The Morgan fingerprint density at radius 2 is 2.00 bits per heavy atom. The zero-order valence-corrected chi connectivity index (χ0v) is 10.0. The van der Waals surface area contributed by atoms with Crippen molar-refractivity contribution in [2.45, 2.75) is 19.3 Å². The summed E-state index contributed by atoms with van der Waals surface area (Å²) in [6, 6.07) is 7.60. The van der Waals surface area contributed by atoms with Crippen molar-refractivity contribution in [2.75, 3.05) is 20.3 Å². The number of carbonyl (C=O) groups excluding carboxylic acids is 1. The monoisotopic (exact) mass is 238 g/mol. The molecular weight excluding hydrogens is 220 g/mol. The fourth-order valence-corrected chi connectivity index (χ4v) is 1.36. The molecule has 0 aromatic heterocycles. The van der Waals surface area contributed by atoms with Crippen LogP contribution >= 0.6 is 0 Å². The summed E-state index contributed by atoms with van der Waals surface area (Å²) in [7, 11) is 1.62. The van der Waals surface area contributed by atoms with Gasteiger partial charge in [0.1, 0.15) is 5.75 Å². The van der Waals surface area contributed by atoms with Gasteiger partial charge in [0.25, 0.3) is 0 Å². The molecule has 1 rings (SSSR count). The van der Waals surface area contributed by atoms with E-state index in [9.17, 15) is 4.79 Å². The highest BCUT2D eigenvalue weighted by atomic mass is 16.5. The van der Waals surface area contributed by atoms with Gasteiger partial charge in [-0.25, -0.2) is 0 Å². The van der Waals surface area contributed by atoms with E-state index in [2.05, 4.69) is 0 Å². The van der Waals surface area contributed by atoms with Gasteiger partial charge in [-0.15, -0.1) is 0 Å². The second-order valence-corrected chi connectivity index (χ2v) is 3.65. The maximum absolute atomic E-state index is 11.3. The van der Waals surface area contributed by atoms with Crippen LogP contribution in [0, 0.1) is 0 Å². The van der Waals surface area contributed by atoms with E-state index in [0.29, 0.717) is 19.3 Å². The number of ether oxygens (including phenoxy) is 2. The molecule has 0 bridgehead atoms. The lowest BCUT2D eigenvalue weighted by molar-refractivity contribution is -0.143. The zero-order valence-electron chi connectivity index (χ0n) is 10.0. The second kappa shape index (κ2) is 7.68. The van der Waals surface area contributed by atoms with E-state index in [1.54, 1.807) is 7.11 Å². The highest BCUT2D eigenvalue weighted by molar-refractivity contribution is 5.69. The van der Waals surface area contributed by atoms with E-state index in [0.717, 1.165) is 11.3 Å². The van der Waals surface area contributed by atoms with Crippen molar-refractivity contribution in [3.8, 4) is 5.75 Å². The Morgan fingerprint density at radius 1 is 1.29 bits per heavy atom. The van der Waals surface area contributed by atoms with Gasteiger partial charge in [0.05, 0.1) is 13.7 Å². The van der Waals surface area contributed by atoms with Crippen LogP contribution in [0.5, 0.6) is 5.75 Å². The average molecular weight is 238 g/mol. The number of aryl methyl sites for hydroxylation is 1. The highest BCUT2D eigenvalue weighted by Crippen LogP contribution is 2.12. The van der Waals surface area contributed by atoms with Crippen LogP contribution in [-0.2, 0) is 16.0 Å². The average Bonchev–Trinajstić information content (AvgIpc) is 2.37. The molecule has 4 nitrogen and oxygen atoms in total. The Balaban J connectivity index is 2.27. The van der Waals surface area contributed by atoms with Gasteiger partial charge in [-0.05, 0) is 24.1 Å². The van der Waals surface area contributed by atoms with E-state index in [1.807, 2.05) is 24.3 Å². The maximum atomic E-state index is 11.3. The van der Waals surface area contributed by atoms with Crippen molar-refractivity contribution >= 4 is 5.97 Å². The number of carbonyl (C=O) groups is 1. The summed E-state index contributed by atoms with van der Waals surface area (Å²) in [4.78, 5) is 11.3. The van der Waals surface area contributed by atoms with Crippen LogP contribution in [0.4, 0.5) is 0 Å². The molecule has 0 aliphatic carbocycles. The summed E-state index contributed by atoms with van der Waals surface area (Å²) < 4.78 is 9.97. The maximum Gasteiger partial charge on any atom is 0.306 e. The van der Waals surface area contributed by atoms with Gasteiger partial charge in [0.2, 0.25) is 0 Å². The van der Waals surface area contributed by atoms with E-state index >= 15 is 0 Å². The lowest BCUT2D eigenvalue weighted by Crippen LogP contribution is -2.07. The number of methoxy groups -OCH3 is 1. The molecule has 0 amide bonds. The number of hydrogen-bond acceptors (Lipinski definition) is 4. The largest absolute Gasteiger partial charge is 0.497 e. The number of aliphatic hydroxyl groups is 1. The van der Waals surface area contributed by atoms with Gasteiger partial charge in [-0.3, -0.25) is 4.79 Å². The molecule has 0 radical (unpaired) electrons. The Hall–Kier alpha value is -1.55. The van der Waals surface area contributed by atoms with Gasteiger partial charge in [-0.2, -0.15) is 0 Å². The summed E-state index contributed by atoms with van der Waals surface area (Å²) >= 11 is 0.